The molecule has 2 atom stereocenters. The normalized spacial score (nSPS) is 16.8. The molecular weight excluding hydrogens is 480 g/mol. The number of hydrogen-bond acceptors (Lipinski definition) is 6. The van der Waals surface area contributed by atoms with Gasteiger partial charge in [0.2, 0.25) is 0 Å². The van der Waals surface area contributed by atoms with E-state index in [0.717, 1.165) is 16.4 Å². The highest BCUT2D eigenvalue weighted by atomic mass is 32.2. The molecule has 7 nitrogen and oxygen atoms in total. The van der Waals surface area contributed by atoms with Crippen LogP contribution >= 0.6 is 0 Å². The highest BCUT2D eigenvalue weighted by Crippen LogP contribution is 2.39. The molecule has 3 rings (SSSR count). The quantitative estimate of drug-likeness (QED) is 0.514. The molecule has 0 saturated carbocycles. The first-order valence-corrected chi connectivity index (χ1v) is 12.6. The van der Waals surface area contributed by atoms with Gasteiger partial charge in [0, 0.05) is 12.3 Å². The summed E-state index contributed by atoms with van der Waals surface area (Å²) in [6.45, 7) is 8.28. The minimum atomic E-state index is -4.34. The van der Waals surface area contributed by atoms with Gasteiger partial charge in [-0.25, -0.2) is 17.2 Å². The van der Waals surface area contributed by atoms with Gasteiger partial charge in [-0.1, -0.05) is 13.0 Å². The summed E-state index contributed by atoms with van der Waals surface area (Å²) >= 11 is 0. The number of halogens is 2. The molecule has 1 heterocycles. The molecule has 2 aromatic rings. The second-order valence-corrected chi connectivity index (χ2v) is 11.6. The van der Waals surface area contributed by atoms with Crippen LogP contribution in [0.15, 0.2) is 41.3 Å². The molecule has 1 aliphatic heterocycles. The van der Waals surface area contributed by atoms with E-state index in [2.05, 4.69) is 0 Å². The molecule has 10 heteroatoms. The standard InChI is InChI=1S/C25H29F2NO6S/c1-15(10-16(2)29)23-14-28(35(31,32)18-7-8-19(26)20(27)13-18)21-11-17(6-9-22(21)33-23)12-24(30)34-25(3,4)5/h6-9,11,13,15,23H,10,12,14H2,1-5H3/t15-,23+/m0/s1. The first-order chi connectivity index (χ1) is 16.2. The largest absolute Gasteiger partial charge is 0.486 e. The van der Waals surface area contributed by atoms with Crippen molar-refractivity contribution in [2.75, 3.05) is 10.8 Å². The summed E-state index contributed by atoms with van der Waals surface area (Å²) in [4.78, 5) is 23.5. The predicted molar refractivity (Wildman–Crippen MR) is 126 cm³/mol. The topological polar surface area (TPSA) is 90.0 Å². The summed E-state index contributed by atoms with van der Waals surface area (Å²) in [5, 5.41) is 0. The van der Waals surface area contributed by atoms with Gasteiger partial charge >= 0.3 is 5.97 Å². The number of benzene rings is 2. The van der Waals surface area contributed by atoms with E-state index in [4.69, 9.17) is 9.47 Å². The number of hydrogen-bond donors (Lipinski definition) is 0. The summed E-state index contributed by atoms with van der Waals surface area (Å²) in [7, 11) is -4.34. The maximum Gasteiger partial charge on any atom is 0.310 e. The molecule has 1 aliphatic rings. The van der Waals surface area contributed by atoms with Crippen molar-refractivity contribution in [1.82, 2.24) is 0 Å². The number of rotatable bonds is 7. The SMILES string of the molecule is CC(=O)C[C@H](C)[C@H]1CN(S(=O)(=O)c2ccc(F)c(F)c2)c2cc(CC(=O)OC(C)(C)C)ccc2O1. The molecule has 0 amide bonds. The Kier molecular flexibility index (Phi) is 7.54. The van der Waals surface area contributed by atoms with Crippen molar-refractivity contribution < 1.29 is 36.3 Å². The molecule has 35 heavy (non-hydrogen) atoms. The summed E-state index contributed by atoms with van der Waals surface area (Å²) in [6.07, 6.45) is -0.591. The van der Waals surface area contributed by atoms with Crippen molar-refractivity contribution >= 4 is 27.5 Å². The monoisotopic (exact) mass is 509 g/mol. The number of ether oxygens (including phenoxy) is 2. The number of sulfonamides is 1. The molecule has 0 spiro atoms. The number of anilines is 1. The van der Waals surface area contributed by atoms with Crippen molar-refractivity contribution in [3.8, 4) is 5.75 Å². The fourth-order valence-electron chi connectivity index (χ4n) is 3.85. The van der Waals surface area contributed by atoms with Gasteiger partial charge in [-0.3, -0.25) is 9.10 Å². The molecule has 0 radical (unpaired) electrons. The highest BCUT2D eigenvalue weighted by Gasteiger charge is 2.37. The van der Waals surface area contributed by atoms with Crippen molar-refractivity contribution in [2.45, 2.75) is 64.1 Å². The van der Waals surface area contributed by atoms with Crippen molar-refractivity contribution in [3.05, 3.63) is 53.6 Å². The summed E-state index contributed by atoms with van der Waals surface area (Å²) in [5.41, 5.74) is -0.0411. The number of nitrogens with zero attached hydrogens (tertiary/aromatic N) is 1. The third-order valence-electron chi connectivity index (χ3n) is 5.41. The smallest absolute Gasteiger partial charge is 0.310 e. The Morgan fingerprint density at radius 1 is 1.14 bits per heavy atom. The maximum absolute atomic E-state index is 13.9. The van der Waals surface area contributed by atoms with E-state index < -0.39 is 44.2 Å². The van der Waals surface area contributed by atoms with Crippen molar-refractivity contribution in [2.24, 2.45) is 5.92 Å². The Balaban J connectivity index is 2.04. The fraction of sp³-hybridized carbons (Fsp3) is 0.440. The number of esters is 1. The van der Waals surface area contributed by atoms with Crippen LogP contribution < -0.4 is 9.04 Å². The second kappa shape index (κ2) is 9.93. The number of carbonyl (C=O) groups excluding carboxylic acids is 2. The third-order valence-corrected chi connectivity index (χ3v) is 7.18. The van der Waals surface area contributed by atoms with E-state index in [1.165, 1.54) is 13.0 Å². The fourth-order valence-corrected chi connectivity index (χ4v) is 5.34. The first-order valence-electron chi connectivity index (χ1n) is 11.2. The zero-order chi connectivity index (χ0) is 26.1. The van der Waals surface area contributed by atoms with E-state index in [-0.39, 0.29) is 42.5 Å². The van der Waals surface area contributed by atoms with Crippen LogP contribution in [0, 0.1) is 17.6 Å². The minimum absolute atomic E-state index is 0.0744. The minimum Gasteiger partial charge on any atom is -0.486 e. The summed E-state index contributed by atoms with van der Waals surface area (Å²) in [6, 6.07) is 7.04. The van der Waals surface area contributed by atoms with E-state index in [1.54, 1.807) is 39.8 Å². The lowest BCUT2D eigenvalue weighted by Gasteiger charge is -2.38. The van der Waals surface area contributed by atoms with Crippen LogP contribution in [-0.2, 0) is 30.8 Å². The Hall–Kier alpha value is -3.01. The Bertz CT molecular complexity index is 1240. The predicted octanol–water partition coefficient (Wildman–Crippen LogP) is 4.42. The maximum atomic E-state index is 13.9. The van der Waals surface area contributed by atoms with Gasteiger partial charge in [0.15, 0.2) is 11.6 Å². The third kappa shape index (κ3) is 6.36. The van der Waals surface area contributed by atoms with Crippen LogP contribution in [-0.4, -0.2) is 38.4 Å². The van der Waals surface area contributed by atoms with Crippen LogP contribution in [0.2, 0.25) is 0 Å². The van der Waals surface area contributed by atoms with Crippen LogP contribution in [0.25, 0.3) is 0 Å². The Morgan fingerprint density at radius 3 is 2.43 bits per heavy atom. The summed E-state index contributed by atoms with van der Waals surface area (Å²) in [5.74, 6) is -3.11. The van der Waals surface area contributed by atoms with Crippen molar-refractivity contribution in [1.29, 1.82) is 0 Å². The molecule has 0 aliphatic carbocycles. The lowest BCUT2D eigenvalue weighted by atomic mass is 9.97. The highest BCUT2D eigenvalue weighted by molar-refractivity contribution is 7.92. The van der Waals surface area contributed by atoms with Gasteiger partial charge in [0.1, 0.15) is 23.2 Å². The molecule has 0 fully saturated rings. The van der Waals surface area contributed by atoms with Gasteiger partial charge < -0.3 is 14.3 Å². The number of ketones is 1. The average Bonchev–Trinajstić information content (AvgIpc) is 2.72. The van der Waals surface area contributed by atoms with Crippen LogP contribution in [0.4, 0.5) is 14.5 Å². The Morgan fingerprint density at radius 2 is 1.83 bits per heavy atom. The van der Waals surface area contributed by atoms with E-state index in [1.807, 2.05) is 0 Å². The zero-order valence-electron chi connectivity index (χ0n) is 20.3. The molecule has 190 valence electrons. The molecule has 0 bridgehead atoms. The van der Waals surface area contributed by atoms with Gasteiger partial charge in [-0.15, -0.1) is 0 Å². The first kappa shape index (κ1) is 26.6. The van der Waals surface area contributed by atoms with E-state index in [9.17, 15) is 26.8 Å². The Labute approximate surface area is 204 Å². The second-order valence-electron chi connectivity index (χ2n) is 9.72. The number of carbonyl (C=O) groups is 2. The molecule has 2 aromatic carbocycles. The van der Waals surface area contributed by atoms with Crippen molar-refractivity contribution in [3.63, 3.8) is 0 Å². The molecular formula is C25H29F2NO6S. The average molecular weight is 510 g/mol. The zero-order valence-corrected chi connectivity index (χ0v) is 21.1. The van der Waals surface area contributed by atoms with Gasteiger partial charge in [-0.05, 0) is 63.6 Å². The van der Waals surface area contributed by atoms with Crippen LogP contribution in [0.5, 0.6) is 5.75 Å². The number of fused-ring (bicyclic) bond motifs is 1. The van der Waals surface area contributed by atoms with Gasteiger partial charge in [0.25, 0.3) is 10.0 Å². The van der Waals surface area contributed by atoms with Crippen LogP contribution in [0.3, 0.4) is 0 Å². The van der Waals surface area contributed by atoms with Gasteiger partial charge in [0.05, 0.1) is 23.5 Å². The van der Waals surface area contributed by atoms with E-state index in [0.29, 0.717) is 11.6 Å². The lowest BCUT2D eigenvalue weighted by molar-refractivity contribution is -0.153. The molecule has 0 saturated heterocycles. The number of Topliss-reactive ketones (excluding diaryl/α,β-unsaturated/α-hetero) is 1. The lowest BCUT2D eigenvalue weighted by Crippen LogP contribution is -2.46. The van der Waals surface area contributed by atoms with E-state index >= 15 is 0 Å². The van der Waals surface area contributed by atoms with Gasteiger partial charge in [-0.2, -0.15) is 0 Å². The molecule has 0 N–H and O–H groups in total. The molecule has 0 aromatic heterocycles. The van der Waals surface area contributed by atoms with Crippen LogP contribution in [0.1, 0.15) is 46.6 Å². The summed E-state index contributed by atoms with van der Waals surface area (Å²) < 4.78 is 66.9. The molecule has 0 unspecified atom stereocenters.